The molecule has 2 aromatic rings. The van der Waals surface area contributed by atoms with Crippen LogP contribution in [-0.4, -0.2) is 0 Å². The number of hydrogen-bond acceptors (Lipinski definition) is 1. The van der Waals surface area contributed by atoms with E-state index < -0.39 is 11.6 Å². The lowest BCUT2D eigenvalue weighted by Gasteiger charge is -2.08. The summed E-state index contributed by atoms with van der Waals surface area (Å²) in [5, 5.41) is 3.24. The van der Waals surface area contributed by atoms with Gasteiger partial charge in [0.1, 0.15) is 0 Å². The Morgan fingerprint density at radius 1 is 0.810 bits per heavy atom. The monoisotopic (exact) mass is 289 g/mol. The van der Waals surface area contributed by atoms with Gasteiger partial charge < -0.3 is 5.32 Å². The normalized spacial score (nSPS) is 11.1. The maximum absolute atomic E-state index is 13.1. The average molecular weight is 289 g/mol. The summed E-state index contributed by atoms with van der Waals surface area (Å²) in [5.41, 5.74) is 3.27. The molecule has 21 heavy (non-hydrogen) atoms. The van der Waals surface area contributed by atoms with Crippen LogP contribution < -0.4 is 5.32 Å². The first-order chi connectivity index (χ1) is 10.0. The van der Waals surface area contributed by atoms with Crippen LogP contribution in [0.2, 0.25) is 0 Å². The van der Waals surface area contributed by atoms with E-state index in [1.807, 2.05) is 0 Å². The molecule has 0 bridgehead atoms. The molecular formula is C18H21F2N. The van der Waals surface area contributed by atoms with Crippen LogP contribution in [0.3, 0.4) is 0 Å². The van der Waals surface area contributed by atoms with E-state index >= 15 is 0 Å². The first-order valence-corrected chi connectivity index (χ1v) is 7.27. The quantitative estimate of drug-likeness (QED) is 0.828. The molecule has 1 N–H and O–H groups in total. The maximum atomic E-state index is 13.1. The van der Waals surface area contributed by atoms with Gasteiger partial charge in [-0.15, -0.1) is 0 Å². The fourth-order valence-corrected chi connectivity index (χ4v) is 2.27. The molecule has 0 aliphatic heterocycles. The van der Waals surface area contributed by atoms with Crippen molar-refractivity contribution >= 4 is 0 Å². The summed E-state index contributed by atoms with van der Waals surface area (Å²) < 4.78 is 25.9. The summed E-state index contributed by atoms with van der Waals surface area (Å²) in [7, 11) is 0. The second-order valence-electron chi connectivity index (χ2n) is 5.77. The first kappa shape index (κ1) is 15.6. The van der Waals surface area contributed by atoms with Crippen LogP contribution in [0.15, 0.2) is 42.5 Å². The van der Waals surface area contributed by atoms with E-state index in [-0.39, 0.29) is 0 Å². The molecule has 0 saturated carbocycles. The average Bonchev–Trinajstić information content (AvgIpc) is 2.44. The van der Waals surface area contributed by atoms with Crippen LogP contribution in [0, 0.1) is 17.6 Å². The Hall–Kier alpha value is -1.74. The lowest BCUT2D eigenvalue weighted by molar-refractivity contribution is 0.506. The number of rotatable bonds is 6. The summed E-state index contributed by atoms with van der Waals surface area (Å²) in [6.45, 7) is 5.64. The van der Waals surface area contributed by atoms with Crippen molar-refractivity contribution in [2.24, 2.45) is 5.92 Å². The number of hydrogen-bond donors (Lipinski definition) is 1. The molecule has 1 nitrogen and oxygen atoms in total. The molecule has 112 valence electrons. The van der Waals surface area contributed by atoms with Crippen molar-refractivity contribution in [3.63, 3.8) is 0 Å². The van der Waals surface area contributed by atoms with E-state index in [0.29, 0.717) is 19.0 Å². The zero-order valence-electron chi connectivity index (χ0n) is 12.5. The Morgan fingerprint density at radius 3 is 2.00 bits per heavy atom. The van der Waals surface area contributed by atoms with Gasteiger partial charge in [0.15, 0.2) is 11.6 Å². The molecule has 0 heterocycles. The van der Waals surface area contributed by atoms with Crippen LogP contribution in [0.4, 0.5) is 8.78 Å². The van der Waals surface area contributed by atoms with Crippen molar-refractivity contribution in [3.05, 3.63) is 70.8 Å². The Labute approximate surface area is 125 Å². The predicted octanol–water partition coefficient (Wildman–Crippen LogP) is 4.45. The number of nitrogens with one attached hydrogen (secondary N) is 1. The van der Waals surface area contributed by atoms with E-state index in [2.05, 4.69) is 43.4 Å². The summed E-state index contributed by atoms with van der Waals surface area (Å²) >= 11 is 0. The zero-order valence-corrected chi connectivity index (χ0v) is 12.5. The van der Waals surface area contributed by atoms with Gasteiger partial charge in [0.25, 0.3) is 0 Å². The smallest absolute Gasteiger partial charge is 0.159 e. The Balaban J connectivity index is 1.84. The fraction of sp³-hybridized carbons (Fsp3) is 0.333. The molecule has 0 unspecified atom stereocenters. The van der Waals surface area contributed by atoms with Crippen molar-refractivity contribution < 1.29 is 8.78 Å². The van der Waals surface area contributed by atoms with E-state index in [1.165, 1.54) is 17.2 Å². The largest absolute Gasteiger partial charge is 0.309 e. The van der Waals surface area contributed by atoms with Crippen molar-refractivity contribution in [1.29, 1.82) is 0 Å². The van der Waals surface area contributed by atoms with Gasteiger partial charge in [0, 0.05) is 13.1 Å². The summed E-state index contributed by atoms with van der Waals surface area (Å²) in [6, 6.07) is 12.5. The SMILES string of the molecule is CC(C)Cc1ccc(CNCc2ccc(F)c(F)c2)cc1. The zero-order chi connectivity index (χ0) is 15.2. The number of halogens is 2. The van der Waals surface area contributed by atoms with Gasteiger partial charge in [0.05, 0.1) is 0 Å². The van der Waals surface area contributed by atoms with E-state index in [9.17, 15) is 8.78 Å². The highest BCUT2D eigenvalue weighted by atomic mass is 19.2. The predicted molar refractivity (Wildman–Crippen MR) is 81.9 cm³/mol. The van der Waals surface area contributed by atoms with Gasteiger partial charge in [-0.05, 0) is 41.2 Å². The van der Waals surface area contributed by atoms with Crippen LogP contribution in [0.5, 0.6) is 0 Å². The summed E-state index contributed by atoms with van der Waals surface area (Å²) in [6.07, 6.45) is 1.09. The molecular weight excluding hydrogens is 268 g/mol. The topological polar surface area (TPSA) is 12.0 Å². The fourth-order valence-electron chi connectivity index (χ4n) is 2.27. The molecule has 0 amide bonds. The van der Waals surface area contributed by atoms with Gasteiger partial charge in [-0.25, -0.2) is 8.78 Å². The highest BCUT2D eigenvalue weighted by Crippen LogP contribution is 2.11. The number of benzene rings is 2. The third-order valence-electron chi connectivity index (χ3n) is 3.31. The summed E-state index contributed by atoms with van der Waals surface area (Å²) in [5.74, 6) is -0.950. The van der Waals surface area contributed by atoms with Gasteiger partial charge >= 0.3 is 0 Å². The van der Waals surface area contributed by atoms with Crippen LogP contribution in [0.25, 0.3) is 0 Å². The Bertz CT molecular complexity index is 576. The highest BCUT2D eigenvalue weighted by Gasteiger charge is 2.02. The van der Waals surface area contributed by atoms with Gasteiger partial charge in [-0.1, -0.05) is 44.2 Å². The Morgan fingerprint density at radius 2 is 1.38 bits per heavy atom. The minimum atomic E-state index is -0.806. The molecule has 0 radical (unpaired) electrons. The van der Waals surface area contributed by atoms with Crippen LogP contribution in [-0.2, 0) is 19.5 Å². The van der Waals surface area contributed by atoms with Crippen molar-refractivity contribution in [2.75, 3.05) is 0 Å². The lowest BCUT2D eigenvalue weighted by atomic mass is 10.0. The molecule has 0 saturated heterocycles. The third kappa shape index (κ3) is 4.94. The van der Waals surface area contributed by atoms with Gasteiger partial charge in [-0.3, -0.25) is 0 Å². The Kier molecular flexibility index (Phi) is 5.45. The second-order valence-corrected chi connectivity index (χ2v) is 5.77. The van der Waals surface area contributed by atoms with E-state index in [0.717, 1.165) is 18.1 Å². The molecule has 3 heteroatoms. The molecule has 0 fully saturated rings. The van der Waals surface area contributed by atoms with Crippen molar-refractivity contribution in [1.82, 2.24) is 5.32 Å². The maximum Gasteiger partial charge on any atom is 0.159 e. The summed E-state index contributed by atoms with van der Waals surface area (Å²) in [4.78, 5) is 0. The molecule has 0 atom stereocenters. The molecule has 0 aromatic heterocycles. The molecule has 2 aromatic carbocycles. The highest BCUT2D eigenvalue weighted by molar-refractivity contribution is 5.23. The first-order valence-electron chi connectivity index (χ1n) is 7.27. The minimum absolute atomic E-state index is 0.519. The van der Waals surface area contributed by atoms with E-state index in [1.54, 1.807) is 6.07 Å². The molecule has 0 aliphatic rings. The van der Waals surface area contributed by atoms with Gasteiger partial charge in [0.2, 0.25) is 0 Å². The third-order valence-corrected chi connectivity index (χ3v) is 3.31. The lowest BCUT2D eigenvalue weighted by Crippen LogP contribution is -2.13. The molecule has 0 aliphatic carbocycles. The van der Waals surface area contributed by atoms with E-state index in [4.69, 9.17) is 0 Å². The van der Waals surface area contributed by atoms with Crippen LogP contribution >= 0.6 is 0 Å². The van der Waals surface area contributed by atoms with Gasteiger partial charge in [-0.2, -0.15) is 0 Å². The second kappa shape index (κ2) is 7.32. The van der Waals surface area contributed by atoms with Crippen molar-refractivity contribution in [2.45, 2.75) is 33.4 Å². The molecule has 0 spiro atoms. The standard InChI is InChI=1S/C18H21F2N/c1-13(2)9-14-3-5-15(6-4-14)11-21-12-16-7-8-17(19)18(20)10-16/h3-8,10,13,21H,9,11-12H2,1-2H3. The minimum Gasteiger partial charge on any atom is -0.309 e. The van der Waals surface area contributed by atoms with Crippen LogP contribution in [0.1, 0.15) is 30.5 Å². The van der Waals surface area contributed by atoms with Crippen molar-refractivity contribution in [3.8, 4) is 0 Å². The molecule has 2 rings (SSSR count).